The number of esters is 1. The van der Waals surface area contributed by atoms with Crippen molar-refractivity contribution in [3.63, 3.8) is 0 Å². The van der Waals surface area contributed by atoms with Crippen LogP contribution in [-0.4, -0.2) is 30.3 Å². The molecule has 0 spiro atoms. The van der Waals surface area contributed by atoms with E-state index in [1.807, 2.05) is 6.92 Å². The highest BCUT2D eigenvalue weighted by Gasteiger charge is 2.22. The fourth-order valence-electron chi connectivity index (χ4n) is 1.98. The molecule has 2 aromatic heterocycles. The van der Waals surface area contributed by atoms with Crippen LogP contribution in [0.5, 0.6) is 5.88 Å². The first kappa shape index (κ1) is 14.0. The average Bonchev–Trinajstić information content (AvgIpc) is 2.86. The molecule has 6 nitrogen and oxygen atoms in total. The van der Waals surface area contributed by atoms with Crippen LogP contribution < -0.4 is 4.74 Å². The molecule has 2 aromatic rings. The van der Waals surface area contributed by atoms with Crippen molar-refractivity contribution < 1.29 is 18.8 Å². The Hall–Kier alpha value is -2.37. The lowest BCUT2D eigenvalue weighted by molar-refractivity contribution is 0.0601. The van der Waals surface area contributed by atoms with Crippen molar-refractivity contribution in [2.45, 2.75) is 20.3 Å². The Morgan fingerprint density at radius 3 is 2.70 bits per heavy atom. The van der Waals surface area contributed by atoms with E-state index in [2.05, 4.69) is 10.1 Å². The maximum Gasteiger partial charge on any atom is 0.340 e. The van der Waals surface area contributed by atoms with Crippen LogP contribution in [0.1, 0.15) is 28.7 Å². The fraction of sp³-hybridized carbons (Fsp3) is 0.357. The first-order valence-electron chi connectivity index (χ1n) is 6.21. The van der Waals surface area contributed by atoms with E-state index in [0.717, 1.165) is 0 Å². The van der Waals surface area contributed by atoms with Crippen molar-refractivity contribution in [3.8, 4) is 17.1 Å². The average molecular weight is 276 g/mol. The molecule has 20 heavy (non-hydrogen) atoms. The van der Waals surface area contributed by atoms with Crippen molar-refractivity contribution in [2.24, 2.45) is 0 Å². The van der Waals surface area contributed by atoms with E-state index in [-0.39, 0.29) is 0 Å². The molecule has 0 N–H and O–H groups in total. The van der Waals surface area contributed by atoms with Crippen molar-refractivity contribution in [2.75, 3.05) is 14.2 Å². The van der Waals surface area contributed by atoms with Crippen molar-refractivity contribution >= 4 is 5.97 Å². The van der Waals surface area contributed by atoms with E-state index < -0.39 is 5.97 Å². The predicted molar refractivity (Wildman–Crippen MR) is 71.7 cm³/mol. The Labute approximate surface area is 116 Å². The predicted octanol–water partition coefficient (Wildman–Crippen LogP) is 2.40. The zero-order valence-electron chi connectivity index (χ0n) is 11.9. The number of rotatable bonds is 4. The van der Waals surface area contributed by atoms with Gasteiger partial charge in [-0.1, -0.05) is 12.1 Å². The molecule has 2 rings (SSSR count). The summed E-state index contributed by atoms with van der Waals surface area (Å²) in [5.41, 5.74) is 2.21. The minimum atomic E-state index is -0.460. The molecule has 0 aliphatic carbocycles. The third kappa shape index (κ3) is 2.36. The molecule has 0 aliphatic rings. The van der Waals surface area contributed by atoms with Crippen LogP contribution >= 0.6 is 0 Å². The summed E-state index contributed by atoms with van der Waals surface area (Å²) in [6.45, 7) is 3.75. The monoisotopic (exact) mass is 276 g/mol. The SMILES string of the molecule is CCc1onc(C)c1-c1nc(OC)ccc1C(=O)OC. The Bertz CT molecular complexity index is 634. The van der Waals surface area contributed by atoms with E-state index in [1.165, 1.54) is 14.2 Å². The number of nitrogens with zero attached hydrogens (tertiary/aromatic N) is 2. The molecule has 0 unspecified atom stereocenters. The normalized spacial score (nSPS) is 10.4. The molecule has 0 aromatic carbocycles. The van der Waals surface area contributed by atoms with Gasteiger partial charge in [-0.2, -0.15) is 0 Å². The highest BCUT2D eigenvalue weighted by Crippen LogP contribution is 2.31. The van der Waals surface area contributed by atoms with Gasteiger partial charge in [0.1, 0.15) is 5.76 Å². The fourth-order valence-corrected chi connectivity index (χ4v) is 1.98. The van der Waals surface area contributed by atoms with Gasteiger partial charge in [-0.3, -0.25) is 0 Å². The summed E-state index contributed by atoms with van der Waals surface area (Å²) in [5, 5.41) is 3.94. The van der Waals surface area contributed by atoms with Crippen molar-refractivity contribution in [1.82, 2.24) is 10.1 Å². The number of ether oxygens (including phenoxy) is 2. The minimum Gasteiger partial charge on any atom is -0.481 e. The summed E-state index contributed by atoms with van der Waals surface area (Å²) in [7, 11) is 2.85. The lowest BCUT2D eigenvalue weighted by Crippen LogP contribution is -2.06. The smallest absolute Gasteiger partial charge is 0.340 e. The molecule has 0 fully saturated rings. The molecule has 0 radical (unpaired) electrons. The molecular formula is C14H16N2O4. The maximum atomic E-state index is 11.9. The van der Waals surface area contributed by atoms with E-state index in [9.17, 15) is 4.79 Å². The third-order valence-corrected chi connectivity index (χ3v) is 2.98. The summed E-state index contributed by atoms with van der Waals surface area (Å²) < 4.78 is 15.2. The number of methoxy groups -OCH3 is 2. The molecular weight excluding hydrogens is 260 g/mol. The summed E-state index contributed by atoms with van der Waals surface area (Å²) >= 11 is 0. The second-order valence-electron chi connectivity index (χ2n) is 4.16. The molecule has 0 atom stereocenters. The maximum absolute atomic E-state index is 11.9. The Kier molecular flexibility index (Phi) is 4.02. The molecule has 0 aliphatic heterocycles. The van der Waals surface area contributed by atoms with Gasteiger partial charge in [0, 0.05) is 12.5 Å². The zero-order chi connectivity index (χ0) is 14.7. The lowest BCUT2D eigenvalue weighted by Gasteiger charge is -2.09. The quantitative estimate of drug-likeness (QED) is 0.798. The second kappa shape index (κ2) is 5.73. The van der Waals surface area contributed by atoms with Crippen molar-refractivity contribution in [1.29, 1.82) is 0 Å². The van der Waals surface area contributed by atoms with Gasteiger partial charge >= 0.3 is 5.97 Å². The summed E-state index contributed by atoms with van der Waals surface area (Å²) in [6, 6.07) is 3.24. The van der Waals surface area contributed by atoms with Crippen LogP contribution in [0.3, 0.4) is 0 Å². The van der Waals surface area contributed by atoms with E-state index in [1.54, 1.807) is 19.1 Å². The molecule has 0 bridgehead atoms. The Morgan fingerprint density at radius 1 is 1.35 bits per heavy atom. The standard InChI is InChI=1S/C14H16N2O4/c1-5-10-12(8(2)16-20-10)13-9(14(17)19-4)6-7-11(15-13)18-3/h6-7H,5H2,1-4H3. The van der Waals surface area contributed by atoms with E-state index in [4.69, 9.17) is 14.0 Å². The molecule has 106 valence electrons. The van der Waals surface area contributed by atoms with Gasteiger partial charge in [0.05, 0.1) is 36.7 Å². The van der Waals surface area contributed by atoms with Gasteiger partial charge in [-0.15, -0.1) is 0 Å². The van der Waals surface area contributed by atoms with Gasteiger partial charge in [0.15, 0.2) is 0 Å². The van der Waals surface area contributed by atoms with E-state index in [0.29, 0.717) is 40.6 Å². The van der Waals surface area contributed by atoms with Crippen molar-refractivity contribution in [3.05, 3.63) is 29.2 Å². The number of pyridine rings is 1. The van der Waals surface area contributed by atoms with Crippen LogP contribution in [0.4, 0.5) is 0 Å². The topological polar surface area (TPSA) is 74.5 Å². The van der Waals surface area contributed by atoms with Gasteiger partial charge in [0.2, 0.25) is 5.88 Å². The highest BCUT2D eigenvalue weighted by molar-refractivity contribution is 5.96. The van der Waals surface area contributed by atoms with Crippen LogP contribution in [0, 0.1) is 6.92 Å². The second-order valence-corrected chi connectivity index (χ2v) is 4.16. The highest BCUT2D eigenvalue weighted by atomic mass is 16.5. The van der Waals surface area contributed by atoms with Gasteiger partial charge in [-0.25, -0.2) is 9.78 Å². The van der Waals surface area contributed by atoms with Crippen LogP contribution in [-0.2, 0) is 11.2 Å². The molecule has 6 heteroatoms. The third-order valence-electron chi connectivity index (χ3n) is 2.98. The summed E-state index contributed by atoms with van der Waals surface area (Å²) in [4.78, 5) is 16.2. The summed E-state index contributed by atoms with van der Waals surface area (Å²) in [6.07, 6.45) is 0.648. The molecule has 0 saturated heterocycles. The lowest BCUT2D eigenvalue weighted by atomic mass is 10.0. The zero-order valence-corrected chi connectivity index (χ0v) is 11.9. The number of hydrogen-bond acceptors (Lipinski definition) is 6. The number of hydrogen-bond donors (Lipinski definition) is 0. The first-order valence-corrected chi connectivity index (χ1v) is 6.21. The minimum absolute atomic E-state index is 0.356. The number of aromatic nitrogens is 2. The van der Waals surface area contributed by atoms with Crippen LogP contribution in [0.25, 0.3) is 11.3 Å². The Balaban J connectivity index is 2.69. The van der Waals surface area contributed by atoms with Gasteiger partial charge < -0.3 is 14.0 Å². The Morgan fingerprint density at radius 2 is 2.10 bits per heavy atom. The van der Waals surface area contributed by atoms with Gasteiger partial charge in [-0.05, 0) is 13.0 Å². The first-order chi connectivity index (χ1) is 9.62. The van der Waals surface area contributed by atoms with Crippen LogP contribution in [0.2, 0.25) is 0 Å². The number of aryl methyl sites for hydroxylation is 2. The molecule has 0 amide bonds. The molecule has 0 saturated carbocycles. The number of carbonyl (C=O) groups is 1. The van der Waals surface area contributed by atoms with Crippen LogP contribution in [0.15, 0.2) is 16.7 Å². The van der Waals surface area contributed by atoms with Gasteiger partial charge in [0.25, 0.3) is 0 Å². The molecule has 2 heterocycles. The summed E-state index contributed by atoms with van der Waals surface area (Å²) in [5.74, 6) is 0.626. The van der Waals surface area contributed by atoms with E-state index >= 15 is 0 Å². The largest absolute Gasteiger partial charge is 0.481 e. The number of carbonyl (C=O) groups excluding carboxylic acids is 1.